The molecule has 0 spiro atoms. The molecule has 3 heteroatoms. The summed E-state index contributed by atoms with van der Waals surface area (Å²) in [6, 6.07) is 0. The van der Waals surface area contributed by atoms with Crippen LogP contribution in [0.15, 0.2) is 0 Å². The standard InChI is InChI=1S/C6H15N3/c1-9-5-3-2-4-6(9)8-7/h6,8H,2-5,7H2,1H3. The molecule has 1 heterocycles. The molecule has 9 heavy (non-hydrogen) atoms. The Morgan fingerprint density at radius 3 is 2.78 bits per heavy atom. The average Bonchev–Trinajstić information content (AvgIpc) is 1.89. The number of nitrogens with zero attached hydrogens (tertiary/aromatic N) is 1. The van der Waals surface area contributed by atoms with Crippen LogP contribution in [0, 0.1) is 0 Å². The van der Waals surface area contributed by atoms with Crippen LogP contribution in [0.3, 0.4) is 0 Å². The van der Waals surface area contributed by atoms with Crippen molar-refractivity contribution in [3.63, 3.8) is 0 Å². The van der Waals surface area contributed by atoms with Crippen LogP contribution in [0.25, 0.3) is 0 Å². The summed E-state index contributed by atoms with van der Waals surface area (Å²) < 4.78 is 0. The Hall–Kier alpha value is -0.120. The minimum Gasteiger partial charge on any atom is -0.290 e. The van der Waals surface area contributed by atoms with Crippen LogP contribution in [0.4, 0.5) is 0 Å². The maximum absolute atomic E-state index is 5.30. The van der Waals surface area contributed by atoms with Crippen molar-refractivity contribution in [2.24, 2.45) is 5.84 Å². The fraction of sp³-hybridized carbons (Fsp3) is 1.00. The molecule has 1 fully saturated rings. The average molecular weight is 129 g/mol. The first-order chi connectivity index (χ1) is 4.34. The van der Waals surface area contributed by atoms with E-state index in [-0.39, 0.29) is 0 Å². The number of hydrazine groups is 1. The third kappa shape index (κ3) is 1.64. The molecule has 0 aliphatic carbocycles. The summed E-state index contributed by atoms with van der Waals surface area (Å²) in [6.07, 6.45) is 4.22. The predicted molar refractivity (Wildman–Crippen MR) is 37.6 cm³/mol. The number of rotatable bonds is 1. The van der Waals surface area contributed by atoms with Gasteiger partial charge in [0, 0.05) is 0 Å². The fourth-order valence-corrected chi connectivity index (χ4v) is 1.29. The van der Waals surface area contributed by atoms with E-state index in [1.165, 1.54) is 25.8 Å². The lowest BCUT2D eigenvalue weighted by Gasteiger charge is -2.31. The second-order valence-electron chi connectivity index (χ2n) is 2.66. The zero-order valence-corrected chi connectivity index (χ0v) is 5.93. The highest BCUT2D eigenvalue weighted by atomic mass is 15.4. The molecule has 0 aromatic rings. The van der Waals surface area contributed by atoms with E-state index in [2.05, 4.69) is 17.4 Å². The lowest BCUT2D eigenvalue weighted by molar-refractivity contribution is 0.154. The van der Waals surface area contributed by atoms with Gasteiger partial charge in [-0.05, 0) is 32.9 Å². The maximum atomic E-state index is 5.30. The molecule has 0 aromatic carbocycles. The topological polar surface area (TPSA) is 41.3 Å². The molecule has 0 saturated carbocycles. The van der Waals surface area contributed by atoms with Crippen LogP contribution in [-0.4, -0.2) is 24.7 Å². The lowest BCUT2D eigenvalue weighted by Crippen LogP contribution is -2.49. The summed E-state index contributed by atoms with van der Waals surface area (Å²) >= 11 is 0. The highest BCUT2D eigenvalue weighted by Gasteiger charge is 2.15. The molecule has 0 bridgehead atoms. The van der Waals surface area contributed by atoms with Gasteiger partial charge in [-0.2, -0.15) is 0 Å². The van der Waals surface area contributed by atoms with E-state index in [4.69, 9.17) is 5.84 Å². The second kappa shape index (κ2) is 3.15. The molecular weight excluding hydrogens is 114 g/mol. The fourth-order valence-electron chi connectivity index (χ4n) is 1.29. The van der Waals surface area contributed by atoms with Gasteiger partial charge in [0.2, 0.25) is 0 Å². The van der Waals surface area contributed by atoms with Crippen LogP contribution in [-0.2, 0) is 0 Å². The van der Waals surface area contributed by atoms with Gasteiger partial charge in [0.1, 0.15) is 0 Å². The third-order valence-electron chi connectivity index (χ3n) is 1.96. The van der Waals surface area contributed by atoms with Gasteiger partial charge in [-0.1, -0.05) is 0 Å². The lowest BCUT2D eigenvalue weighted by atomic mass is 10.1. The van der Waals surface area contributed by atoms with Gasteiger partial charge < -0.3 is 0 Å². The van der Waals surface area contributed by atoms with Gasteiger partial charge in [0.05, 0.1) is 6.17 Å². The first-order valence-electron chi connectivity index (χ1n) is 3.51. The van der Waals surface area contributed by atoms with E-state index in [1.807, 2.05) is 0 Å². The molecule has 54 valence electrons. The van der Waals surface area contributed by atoms with Crippen LogP contribution in [0.1, 0.15) is 19.3 Å². The van der Waals surface area contributed by atoms with Crippen molar-refractivity contribution < 1.29 is 0 Å². The van der Waals surface area contributed by atoms with Crippen molar-refractivity contribution in [3.8, 4) is 0 Å². The molecule has 1 rings (SSSR count). The largest absolute Gasteiger partial charge is 0.290 e. The van der Waals surface area contributed by atoms with Crippen LogP contribution < -0.4 is 11.3 Å². The Balaban J connectivity index is 2.30. The first kappa shape index (κ1) is 6.99. The predicted octanol–water partition coefficient (Wildman–Crippen LogP) is -0.108. The Labute approximate surface area is 56.2 Å². The number of nitrogens with one attached hydrogen (secondary N) is 1. The Bertz CT molecular complexity index is 84.4. The zero-order valence-electron chi connectivity index (χ0n) is 5.93. The SMILES string of the molecule is CN1CCCCC1NN. The monoisotopic (exact) mass is 129 g/mol. The van der Waals surface area contributed by atoms with Crippen LogP contribution in [0.5, 0.6) is 0 Å². The Kier molecular flexibility index (Phi) is 2.45. The van der Waals surface area contributed by atoms with Crippen molar-refractivity contribution in [1.29, 1.82) is 0 Å². The highest BCUT2D eigenvalue weighted by Crippen LogP contribution is 2.10. The molecule has 1 saturated heterocycles. The summed E-state index contributed by atoms with van der Waals surface area (Å²) in [4.78, 5) is 2.25. The van der Waals surface area contributed by atoms with Crippen molar-refractivity contribution in [2.45, 2.75) is 25.4 Å². The number of nitrogens with two attached hydrogens (primary N) is 1. The first-order valence-corrected chi connectivity index (χ1v) is 3.51. The van der Waals surface area contributed by atoms with E-state index in [0.29, 0.717) is 6.17 Å². The number of hydrogen-bond donors (Lipinski definition) is 2. The minimum absolute atomic E-state index is 0.416. The van der Waals surface area contributed by atoms with Gasteiger partial charge in [-0.3, -0.25) is 10.7 Å². The zero-order chi connectivity index (χ0) is 6.69. The smallest absolute Gasteiger partial charge is 0.0724 e. The number of piperidine rings is 1. The molecule has 3 N–H and O–H groups in total. The Morgan fingerprint density at radius 2 is 2.33 bits per heavy atom. The van der Waals surface area contributed by atoms with Gasteiger partial charge in [0.25, 0.3) is 0 Å². The van der Waals surface area contributed by atoms with E-state index in [0.717, 1.165) is 0 Å². The van der Waals surface area contributed by atoms with Gasteiger partial charge in [-0.15, -0.1) is 0 Å². The van der Waals surface area contributed by atoms with Gasteiger partial charge in [0.15, 0.2) is 0 Å². The molecule has 1 unspecified atom stereocenters. The third-order valence-corrected chi connectivity index (χ3v) is 1.96. The molecular formula is C6H15N3. The molecule has 0 radical (unpaired) electrons. The van der Waals surface area contributed by atoms with Crippen molar-refractivity contribution in [3.05, 3.63) is 0 Å². The van der Waals surface area contributed by atoms with Gasteiger partial charge >= 0.3 is 0 Å². The molecule has 3 nitrogen and oxygen atoms in total. The maximum Gasteiger partial charge on any atom is 0.0724 e. The van der Waals surface area contributed by atoms with Crippen LogP contribution in [0.2, 0.25) is 0 Å². The van der Waals surface area contributed by atoms with Crippen molar-refractivity contribution in [2.75, 3.05) is 13.6 Å². The summed E-state index contributed by atoms with van der Waals surface area (Å²) in [6.45, 7) is 1.18. The molecule has 0 amide bonds. The summed E-state index contributed by atoms with van der Waals surface area (Å²) in [5, 5.41) is 0. The molecule has 1 aliphatic heterocycles. The summed E-state index contributed by atoms with van der Waals surface area (Å²) in [5.74, 6) is 5.30. The molecule has 1 atom stereocenters. The summed E-state index contributed by atoms with van der Waals surface area (Å²) in [7, 11) is 2.10. The number of likely N-dealkylation sites (tertiary alicyclic amines) is 1. The number of hydrogen-bond acceptors (Lipinski definition) is 3. The van der Waals surface area contributed by atoms with Crippen molar-refractivity contribution >= 4 is 0 Å². The van der Waals surface area contributed by atoms with Gasteiger partial charge in [-0.25, -0.2) is 5.43 Å². The molecule has 0 aromatic heterocycles. The normalized spacial score (nSPS) is 30.7. The Morgan fingerprint density at radius 1 is 1.56 bits per heavy atom. The quantitative estimate of drug-likeness (QED) is 0.383. The van der Waals surface area contributed by atoms with Crippen LogP contribution >= 0.6 is 0 Å². The van der Waals surface area contributed by atoms with Crippen molar-refractivity contribution in [1.82, 2.24) is 10.3 Å². The molecule has 1 aliphatic rings. The van der Waals surface area contributed by atoms with E-state index in [9.17, 15) is 0 Å². The van der Waals surface area contributed by atoms with E-state index in [1.54, 1.807) is 0 Å². The van der Waals surface area contributed by atoms with E-state index >= 15 is 0 Å². The minimum atomic E-state index is 0.416. The van der Waals surface area contributed by atoms with E-state index < -0.39 is 0 Å². The second-order valence-corrected chi connectivity index (χ2v) is 2.66. The highest BCUT2D eigenvalue weighted by molar-refractivity contribution is 4.68. The summed E-state index contributed by atoms with van der Waals surface area (Å²) in [5.41, 5.74) is 2.78.